The van der Waals surface area contributed by atoms with E-state index in [1.165, 1.54) is 0 Å². The molecule has 1 spiro atoms. The van der Waals surface area contributed by atoms with Gasteiger partial charge in [-0.2, -0.15) is 5.10 Å². The molecule has 6 rings (SSSR count). The third-order valence-electron chi connectivity index (χ3n) is 9.94. The van der Waals surface area contributed by atoms with Crippen molar-refractivity contribution in [2.75, 3.05) is 0 Å². The van der Waals surface area contributed by atoms with Gasteiger partial charge >= 0.3 is 13.1 Å². The second-order valence-electron chi connectivity index (χ2n) is 13.2. The molecule has 1 aliphatic heterocycles. The minimum absolute atomic E-state index is 0.0840. The third kappa shape index (κ3) is 4.49. The predicted molar refractivity (Wildman–Crippen MR) is 155 cm³/mol. The molecule has 7 nitrogen and oxygen atoms in total. The molecule has 0 amide bonds. The minimum atomic E-state index is -0.696. The predicted octanol–water partition coefficient (Wildman–Crippen LogP) is 6.06. The van der Waals surface area contributed by atoms with Crippen LogP contribution in [0.25, 0.3) is 10.9 Å². The summed E-state index contributed by atoms with van der Waals surface area (Å²) in [7, 11) is -0.427. The van der Waals surface area contributed by atoms with Gasteiger partial charge in [-0.1, -0.05) is 35.9 Å². The molecular weight excluding hydrogens is 527 g/mol. The highest BCUT2D eigenvalue weighted by Gasteiger charge is 2.55. The summed E-state index contributed by atoms with van der Waals surface area (Å²) in [4.78, 5) is 24.8. The second kappa shape index (κ2) is 9.43. The lowest BCUT2D eigenvalue weighted by molar-refractivity contribution is -0.157. The maximum Gasteiger partial charge on any atom is 0.494 e. The molecule has 3 fully saturated rings. The number of nitrogens with zero attached hydrogens (tertiary/aromatic N) is 2. The number of hydrogen-bond acceptors (Lipinski definition) is 5. The van der Waals surface area contributed by atoms with Gasteiger partial charge in [-0.25, -0.2) is 0 Å². The SMILES string of the molecule is CC(c1ccc(B2OC(C)(C)C(C)(C)O2)cc1)n1ncc2c(Cl)ccc(C(=O)CC3CC4(C3)CC(C(=O)O)C4)c21. The van der Waals surface area contributed by atoms with Crippen LogP contribution in [-0.4, -0.2) is 45.0 Å². The lowest BCUT2D eigenvalue weighted by Crippen LogP contribution is -2.50. The first kappa shape index (κ1) is 27.5. The zero-order chi connectivity index (χ0) is 28.6. The number of hydrogen-bond donors (Lipinski definition) is 1. The van der Waals surface area contributed by atoms with E-state index < -0.39 is 24.3 Å². The van der Waals surface area contributed by atoms with E-state index in [1.807, 2.05) is 50.6 Å². The fourth-order valence-electron chi connectivity index (χ4n) is 6.88. The van der Waals surface area contributed by atoms with Crippen molar-refractivity contribution in [1.82, 2.24) is 9.78 Å². The summed E-state index contributed by atoms with van der Waals surface area (Å²) in [5, 5.41) is 15.2. The van der Waals surface area contributed by atoms with Gasteiger partial charge in [-0.15, -0.1) is 0 Å². The first-order chi connectivity index (χ1) is 18.8. The highest BCUT2D eigenvalue weighted by molar-refractivity contribution is 6.62. The Morgan fingerprint density at radius 2 is 1.68 bits per heavy atom. The minimum Gasteiger partial charge on any atom is -0.481 e. The van der Waals surface area contributed by atoms with Crippen molar-refractivity contribution in [1.29, 1.82) is 0 Å². The van der Waals surface area contributed by atoms with Crippen molar-refractivity contribution in [3.05, 3.63) is 58.7 Å². The second-order valence-corrected chi connectivity index (χ2v) is 13.6. The van der Waals surface area contributed by atoms with Crippen LogP contribution in [0.5, 0.6) is 0 Å². The smallest absolute Gasteiger partial charge is 0.481 e. The van der Waals surface area contributed by atoms with Crippen molar-refractivity contribution in [3.63, 3.8) is 0 Å². The van der Waals surface area contributed by atoms with Gasteiger partial charge in [0.1, 0.15) is 0 Å². The number of aromatic nitrogens is 2. The molecule has 210 valence electrons. The molecule has 1 unspecified atom stereocenters. The average Bonchev–Trinajstić information content (AvgIpc) is 3.38. The third-order valence-corrected chi connectivity index (χ3v) is 10.3. The first-order valence-electron chi connectivity index (χ1n) is 14.2. The molecule has 1 atom stereocenters. The van der Waals surface area contributed by atoms with E-state index in [2.05, 4.69) is 24.2 Å². The van der Waals surface area contributed by atoms with E-state index in [-0.39, 0.29) is 23.2 Å². The van der Waals surface area contributed by atoms with Crippen molar-refractivity contribution in [2.45, 2.75) is 84.0 Å². The van der Waals surface area contributed by atoms with Crippen molar-refractivity contribution < 1.29 is 24.0 Å². The fraction of sp³-hybridized carbons (Fsp3) is 0.516. The number of halogens is 1. The van der Waals surface area contributed by atoms with Gasteiger partial charge in [-0.05, 0) is 94.8 Å². The number of carboxylic acid groups (broad SMARTS) is 1. The van der Waals surface area contributed by atoms with Gasteiger partial charge in [-0.3, -0.25) is 14.3 Å². The molecule has 3 aromatic rings. The van der Waals surface area contributed by atoms with Crippen LogP contribution in [0.1, 0.15) is 88.7 Å². The van der Waals surface area contributed by atoms with E-state index >= 15 is 0 Å². The number of fused-ring (bicyclic) bond motifs is 1. The van der Waals surface area contributed by atoms with Gasteiger partial charge < -0.3 is 14.4 Å². The average molecular weight is 563 g/mol. The van der Waals surface area contributed by atoms with Crippen LogP contribution in [0.3, 0.4) is 0 Å². The molecule has 3 aliphatic rings. The molecule has 2 aromatic carbocycles. The van der Waals surface area contributed by atoms with Crippen molar-refractivity contribution in [3.8, 4) is 0 Å². The molecule has 1 saturated heterocycles. The summed E-state index contributed by atoms with van der Waals surface area (Å²) in [6.07, 6.45) is 5.56. The van der Waals surface area contributed by atoms with Crippen molar-refractivity contribution in [2.24, 2.45) is 17.3 Å². The lowest BCUT2D eigenvalue weighted by atomic mass is 9.47. The molecular formula is C31H36BClN2O5. The first-order valence-corrected chi connectivity index (χ1v) is 14.5. The van der Waals surface area contributed by atoms with Crippen LogP contribution in [0.4, 0.5) is 0 Å². The highest BCUT2D eigenvalue weighted by Crippen LogP contribution is 2.62. The van der Waals surface area contributed by atoms with E-state index in [9.17, 15) is 14.7 Å². The summed E-state index contributed by atoms with van der Waals surface area (Å²) < 4.78 is 14.3. The molecule has 0 bridgehead atoms. The Hall–Kier alpha value is -2.68. The molecule has 9 heteroatoms. The number of carboxylic acids is 1. The maximum absolute atomic E-state index is 13.6. The van der Waals surface area contributed by atoms with E-state index in [1.54, 1.807) is 12.3 Å². The largest absolute Gasteiger partial charge is 0.494 e. The summed E-state index contributed by atoms with van der Waals surface area (Å²) in [6.45, 7) is 10.2. The van der Waals surface area contributed by atoms with Gasteiger partial charge in [0.25, 0.3) is 0 Å². The van der Waals surface area contributed by atoms with Crippen LogP contribution < -0.4 is 5.46 Å². The van der Waals surface area contributed by atoms with Gasteiger partial charge in [0.2, 0.25) is 0 Å². The number of Topliss-reactive ketones (excluding diaryl/α,β-unsaturated/α-hetero) is 1. The number of benzene rings is 2. The Morgan fingerprint density at radius 1 is 1.05 bits per heavy atom. The number of carbonyl (C=O) groups is 2. The topological polar surface area (TPSA) is 90.7 Å². The Kier molecular flexibility index (Phi) is 6.48. The van der Waals surface area contributed by atoms with Crippen LogP contribution in [0, 0.1) is 17.3 Å². The van der Waals surface area contributed by atoms with E-state index in [4.69, 9.17) is 20.9 Å². The number of rotatable bonds is 7. The highest BCUT2D eigenvalue weighted by atomic mass is 35.5. The van der Waals surface area contributed by atoms with Gasteiger partial charge in [0.05, 0.1) is 39.9 Å². The van der Waals surface area contributed by atoms with E-state index in [0.29, 0.717) is 22.9 Å². The molecule has 40 heavy (non-hydrogen) atoms. The van der Waals surface area contributed by atoms with Crippen LogP contribution in [0.2, 0.25) is 5.02 Å². The Labute approximate surface area is 240 Å². The van der Waals surface area contributed by atoms with Gasteiger partial charge in [0, 0.05) is 17.4 Å². The molecule has 2 heterocycles. The van der Waals surface area contributed by atoms with E-state index in [0.717, 1.165) is 47.6 Å². The van der Waals surface area contributed by atoms with Crippen LogP contribution >= 0.6 is 11.6 Å². The number of aliphatic carboxylic acids is 1. The monoisotopic (exact) mass is 562 g/mol. The fourth-order valence-corrected chi connectivity index (χ4v) is 7.08. The molecule has 2 aliphatic carbocycles. The summed E-state index contributed by atoms with van der Waals surface area (Å²) >= 11 is 6.54. The zero-order valence-corrected chi connectivity index (χ0v) is 24.5. The molecule has 1 N–H and O–H groups in total. The van der Waals surface area contributed by atoms with Crippen molar-refractivity contribution >= 4 is 46.8 Å². The number of carbonyl (C=O) groups excluding carboxylic acids is 1. The van der Waals surface area contributed by atoms with Crippen LogP contribution in [0.15, 0.2) is 42.6 Å². The quantitative estimate of drug-likeness (QED) is 0.278. The zero-order valence-electron chi connectivity index (χ0n) is 23.7. The standard InChI is InChI=1S/C31H36BClN2O5/c1-18(20-6-8-22(9-7-20)32-39-29(2,3)30(4,5)40-32)35-27-23(10-11-25(33)24(27)17-34-35)26(36)12-19-13-31(14-19)15-21(16-31)28(37)38/h6-11,17-19,21H,12-16H2,1-5H3,(H,37,38). The summed E-state index contributed by atoms with van der Waals surface area (Å²) in [6, 6.07) is 11.6. The Morgan fingerprint density at radius 3 is 2.27 bits per heavy atom. The summed E-state index contributed by atoms with van der Waals surface area (Å²) in [5.74, 6) is -0.529. The number of ketones is 1. The summed E-state index contributed by atoms with van der Waals surface area (Å²) in [5.41, 5.74) is 2.73. The molecule has 1 aromatic heterocycles. The van der Waals surface area contributed by atoms with Crippen LogP contribution in [-0.2, 0) is 14.1 Å². The molecule has 2 saturated carbocycles. The maximum atomic E-state index is 13.6. The Bertz CT molecular complexity index is 1470. The lowest BCUT2D eigenvalue weighted by Gasteiger charge is -2.56. The Balaban J connectivity index is 1.20. The normalized spacial score (nSPS) is 27.4. The van der Waals surface area contributed by atoms with Gasteiger partial charge in [0.15, 0.2) is 5.78 Å². The molecule has 0 radical (unpaired) electrons.